The summed E-state index contributed by atoms with van der Waals surface area (Å²) in [5.74, 6) is 0.487. The van der Waals surface area contributed by atoms with Crippen molar-refractivity contribution in [2.75, 3.05) is 18.4 Å². The van der Waals surface area contributed by atoms with Crippen LogP contribution in [0.15, 0.2) is 48.5 Å². The van der Waals surface area contributed by atoms with Gasteiger partial charge in [0.1, 0.15) is 5.75 Å². The van der Waals surface area contributed by atoms with Crippen LogP contribution in [0.1, 0.15) is 42.6 Å². The molecule has 0 aliphatic carbocycles. The number of hydrogen-bond acceptors (Lipinski definition) is 4. The lowest BCUT2D eigenvalue weighted by atomic mass is 10.2. The number of anilines is 1. The van der Waals surface area contributed by atoms with Crippen LogP contribution >= 0.6 is 12.2 Å². The van der Waals surface area contributed by atoms with E-state index in [9.17, 15) is 4.79 Å². The average molecular weight is 398 g/mol. The molecule has 3 rings (SSSR count). The molecule has 0 aromatic heterocycles. The van der Waals surface area contributed by atoms with Gasteiger partial charge in [-0.2, -0.15) is 0 Å². The van der Waals surface area contributed by atoms with Crippen molar-refractivity contribution < 1.29 is 9.53 Å². The van der Waals surface area contributed by atoms with E-state index in [1.165, 1.54) is 31.5 Å². The lowest BCUT2D eigenvalue weighted by Gasteiger charge is -2.15. The second kappa shape index (κ2) is 9.66. The van der Waals surface area contributed by atoms with Crippen molar-refractivity contribution in [2.45, 2.75) is 39.3 Å². The number of nitrogens with zero attached hydrogens (tertiary/aromatic N) is 1. The number of carbonyl (C=O) groups excluding carboxylic acids is 1. The largest absolute Gasteiger partial charge is 0.491 e. The number of amides is 1. The van der Waals surface area contributed by atoms with Gasteiger partial charge in [-0.1, -0.05) is 12.1 Å². The Bertz CT molecular complexity index is 798. The first-order valence-corrected chi connectivity index (χ1v) is 10.1. The first-order valence-electron chi connectivity index (χ1n) is 9.70. The van der Waals surface area contributed by atoms with E-state index in [1.54, 1.807) is 24.3 Å². The number of benzene rings is 2. The molecule has 148 valence electrons. The van der Waals surface area contributed by atoms with Crippen LogP contribution in [0.2, 0.25) is 0 Å². The van der Waals surface area contributed by atoms with E-state index < -0.39 is 0 Å². The van der Waals surface area contributed by atoms with Gasteiger partial charge >= 0.3 is 0 Å². The predicted molar refractivity (Wildman–Crippen MR) is 117 cm³/mol. The SMILES string of the molecule is CC(C)Oc1ccc(C(=O)NC(=S)Nc2ccc(CN3CCCC3)cc2)cc1. The molecule has 1 fully saturated rings. The highest BCUT2D eigenvalue weighted by molar-refractivity contribution is 7.80. The van der Waals surface area contributed by atoms with Gasteiger partial charge in [0.05, 0.1) is 6.10 Å². The van der Waals surface area contributed by atoms with Crippen molar-refractivity contribution in [3.63, 3.8) is 0 Å². The van der Waals surface area contributed by atoms with Crippen LogP contribution in [-0.2, 0) is 6.54 Å². The molecule has 6 heteroatoms. The molecule has 1 saturated heterocycles. The van der Waals surface area contributed by atoms with Gasteiger partial charge in [-0.25, -0.2) is 0 Å². The van der Waals surface area contributed by atoms with E-state index in [2.05, 4.69) is 27.7 Å². The first-order chi connectivity index (χ1) is 13.5. The molecule has 0 saturated carbocycles. The molecule has 2 aromatic carbocycles. The van der Waals surface area contributed by atoms with Gasteiger partial charge < -0.3 is 10.1 Å². The predicted octanol–water partition coefficient (Wildman–Crippen LogP) is 4.20. The molecular weight excluding hydrogens is 370 g/mol. The van der Waals surface area contributed by atoms with E-state index in [0.717, 1.165) is 18.0 Å². The van der Waals surface area contributed by atoms with Gasteiger partial charge in [0.2, 0.25) is 0 Å². The molecule has 0 bridgehead atoms. The molecule has 1 amide bonds. The summed E-state index contributed by atoms with van der Waals surface area (Å²) in [6.45, 7) is 7.27. The molecule has 0 radical (unpaired) electrons. The smallest absolute Gasteiger partial charge is 0.257 e. The summed E-state index contributed by atoms with van der Waals surface area (Å²) in [6.07, 6.45) is 2.68. The van der Waals surface area contributed by atoms with Crippen molar-refractivity contribution >= 4 is 28.9 Å². The normalized spacial score (nSPS) is 14.1. The lowest BCUT2D eigenvalue weighted by molar-refractivity contribution is 0.0977. The Kier molecular flexibility index (Phi) is 7.01. The Labute approximate surface area is 172 Å². The minimum absolute atomic E-state index is 0.0956. The third kappa shape index (κ3) is 6.04. The van der Waals surface area contributed by atoms with E-state index >= 15 is 0 Å². The molecule has 1 aliphatic rings. The van der Waals surface area contributed by atoms with Crippen LogP contribution < -0.4 is 15.4 Å². The Morgan fingerprint density at radius 2 is 1.71 bits per heavy atom. The topological polar surface area (TPSA) is 53.6 Å². The molecule has 28 heavy (non-hydrogen) atoms. The Morgan fingerprint density at radius 1 is 1.07 bits per heavy atom. The van der Waals surface area contributed by atoms with Gasteiger partial charge in [0.15, 0.2) is 5.11 Å². The minimum atomic E-state index is -0.251. The summed E-state index contributed by atoms with van der Waals surface area (Å²) in [5.41, 5.74) is 2.67. The molecule has 2 aromatic rings. The summed E-state index contributed by atoms with van der Waals surface area (Å²) in [6, 6.07) is 15.2. The van der Waals surface area contributed by atoms with Crippen LogP contribution in [0, 0.1) is 0 Å². The number of hydrogen-bond donors (Lipinski definition) is 2. The number of likely N-dealkylation sites (tertiary alicyclic amines) is 1. The van der Waals surface area contributed by atoms with Crippen LogP contribution in [0.5, 0.6) is 5.75 Å². The Balaban J connectivity index is 1.49. The van der Waals surface area contributed by atoms with Gasteiger partial charge in [0.25, 0.3) is 5.91 Å². The van der Waals surface area contributed by atoms with Crippen molar-refractivity contribution in [3.8, 4) is 5.75 Å². The van der Waals surface area contributed by atoms with E-state index in [-0.39, 0.29) is 17.1 Å². The fourth-order valence-corrected chi connectivity index (χ4v) is 3.40. The van der Waals surface area contributed by atoms with Crippen LogP contribution in [-0.4, -0.2) is 35.1 Å². The average Bonchev–Trinajstić information content (AvgIpc) is 3.16. The van der Waals surface area contributed by atoms with Crippen LogP contribution in [0.3, 0.4) is 0 Å². The summed E-state index contributed by atoms with van der Waals surface area (Å²) < 4.78 is 5.59. The molecule has 0 unspecified atom stereocenters. The van der Waals surface area contributed by atoms with Crippen LogP contribution in [0.4, 0.5) is 5.69 Å². The highest BCUT2D eigenvalue weighted by Crippen LogP contribution is 2.16. The second-order valence-electron chi connectivity index (χ2n) is 7.28. The number of carbonyl (C=O) groups is 1. The van der Waals surface area contributed by atoms with Crippen molar-refractivity contribution in [2.24, 2.45) is 0 Å². The number of rotatable bonds is 6. The van der Waals surface area contributed by atoms with Crippen LogP contribution in [0.25, 0.3) is 0 Å². The maximum atomic E-state index is 12.3. The zero-order chi connectivity index (χ0) is 19.9. The summed E-state index contributed by atoms with van der Waals surface area (Å²) in [7, 11) is 0. The van der Waals surface area contributed by atoms with E-state index in [4.69, 9.17) is 17.0 Å². The third-order valence-electron chi connectivity index (χ3n) is 4.53. The van der Waals surface area contributed by atoms with E-state index in [0.29, 0.717) is 5.56 Å². The van der Waals surface area contributed by atoms with Gasteiger partial charge in [0, 0.05) is 17.8 Å². The highest BCUT2D eigenvalue weighted by atomic mass is 32.1. The highest BCUT2D eigenvalue weighted by Gasteiger charge is 2.12. The Morgan fingerprint density at radius 3 is 2.32 bits per heavy atom. The first kappa shape index (κ1) is 20.3. The molecule has 0 atom stereocenters. The maximum absolute atomic E-state index is 12.3. The summed E-state index contributed by atoms with van der Waals surface area (Å²) in [4.78, 5) is 14.8. The zero-order valence-corrected chi connectivity index (χ0v) is 17.2. The number of nitrogens with one attached hydrogen (secondary N) is 2. The monoisotopic (exact) mass is 397 g/mol. The molecule has 1 heterocycles. The van der Waals surface area contributed by atoms with Crippen molar-refractivity contribution in [3.05, 3.63) is 59.7 Å². The van der Waals surface area contributed by atoms with Gasteiger partial charge in [-0.3, -0.25) is 15.0 Å². The molecular formula is C22H27N3O2S. The molecule has 5 nitrogen and oxygen atoms in total. The summed E-state index contributed by atoms with van der Waals surface area (Å²) >= 11 is 5.27. The Hall–Kier alpha value is -2.44. The van der Waals surface area contributed by atoms with Gasteiger partial charge in [-0.05, 0) is 94.0 Å². The second-order valence-corrected chi connectivity index (χ2v) is 7.69. The third-order valence-corrected chi connectivity index (χ3v) is 4.74. The zero-order valence-electron chi connectivity index (χ0n) is 16.4. The van der Waals surface area contributed by atoms with E-state index in [1.807, 2.05) is 26.0 Å². The quantitative estimate of drug-likeness (QED) is 0.716. The van der Waals surface area contributed by atoms with Crippen molar-refractivity contribution in [1.29, 1.82) is 0 Å². The fraction of sp³-hybridized carbons (Fsp3) is 0.364. The molecule has 2 N–H and O–H groups in total. The molecule has 0 spiro atoms. The maximum Gasteiger partial charge on any atom is 0.257 e. The van der Waals surface area contributed by atoms with Crippen molar-refractivity contribution in [1.82, 2.24) is 10.2 Å². The number of ether oxygens (including phenoxy) is 1. The number of thiocarbonyl (C=S) groups is 1. The lowest BCUT2D eigenvalue weighted by Crippen LogP contribution is -2.34. The standard InChI is InChI=1S/C22H27N3O2S/c1-16(2)27-20-11-7-18(8-12-20)21(26)24-22(28)23-19-9-5-17(6-10-19)15-25-13-3-4-14-25/h5-12,16H,3-4,13-15H2,1-2H3,(H2,23,24,26,28). The van der Waals surface area contributed by atoms with Gasteiger partial charge in [-0.15, -0.1) is 0 Å². The summed E-state index contributed by atoms with van der Waals surface area (Å²) in [5, 5.41) is 6.05. The molecule has 1 aliphatic heterocycles. The fourth-order valence-electron chi connectivity index (χ4n) is 3.19. The minimum Gasteiger partial charge on any atom is -0.491 e.